The van der Waals surface area contributed by atoms with Crippen LogP contribution >= 0.6 is 0 Å². The molecule has 0 amide bonds. The van der Waals surface area contributed by atoms with E-state index < -0.39 is 19.0 Å². The van der Waals surface area contributed by atoms with Crippen molar-refractivity contribution >= 4 is 17.0 Å². The van der Waals surface area contributed by atoms with E-state index in [-0.39, 0.29) is 22.9 Å². The molecule has 0 saturated carbocycles. The Labute approximate surface area is 110 Å². The van der Waals surface area contributed by atoms with E-state index in [1.54, 1.807) is 6.92 Å². The van der Waals surface area contributed by atoms with Crippen LogP contribution in [0.1, 0.15) is 6.92 Å². The summed E-state index contributed by atoms with van der Waals surface area (Å²) in [5.41, 5.74) is 0.256. The van der Waals surface area contributed by atoms with Crippen LogP contribution < -0.4 is 10.1 Å². The number of rotatable bonds is 6. The molecule has 0 aliphatic carbocycles. The van der Waals surface area contributed by atoms with Gasteiger partial charge in [0.1, 0.15) is 5.39 Å². The van der Waals surface area contributed by atoms with E-state index in [0.717, 1.165) is 0 Å². The Balaban J connectivity index is 2.26. The van der Waals surface area contributed by atoms with Crippen LogP contribution in [-0.2, 0) is 0 Å². The fraction of sp³-hybridized carbons (Fsp3) is 0.500. The SMILES string of the molecule is CCNc1nc(OCC(F)(F)C(F)F)c2cn[nH]c2n1. The average molecular weight is 293 g/mol. The highest BCUT2D eigenvalue weighted by atomic mass is 19.3. The summed E-state index contributed by atoms with van der Waals surface area (Å²) in [6, 6.07) is 0. The van der Waals surface area contributed by atoms with Gasteiger partial charge in [-0.15, -0.1) is 0 Å². The van der Waals surface area contributed by atoms with E-state index in [1.165, 1.54) is 6.20 Å². The molecule has 2 aromatic heterocycles. The van der Waals surface area contributed by atoms with E-state index in [9.17, 15) is 17.6 Å². The maximum Gasteiger partial charge on any atom is 0.340 e. The summed E-state index contributed by atoms with van der Waals surface area (Å²) in [6.45, 7) is 0.797. The predicted molar refractivity (Wildman–Crippen MR) is 62.3 cm³/mol. The van der Waals surface area contributed by atoms with Crippen LogP contribution in [0.5, 0.6) is 5.88 Å². The minimum Gasteiger partial charge on any atom is -0.470 e. The van der Waals surface area contributed by atoms with Crippen molar-refractivity contribution in [2.24, 2.45) is 0 Å². The maximum absolute atomic E-state index is 12.8. The Kier molecular flexibility index (Phi) is 3.91. The lowest BCUT2D eigenvalue weighted by Crippen LogP contribution is -2.34. The molecule has 110 valence electrons. The number of nitrogens with zero attached hydrogens (tertiary/aromatic N) is 3. The molecule has 0 saturated heterocycles. The summed E-state index contributed by atoms with van der Waals surface area (Å²) in [4.78, 5) is 7.85. The van der Waals surface area contributed by atoms with Crippen LogP contribution in [0, 0.1) is 0 Å². The van der Waals surface area contributed by atoms with Crippen molar-refractivity contribution in [3.8, 4) is 5.88 Å². The molecule has 2 aromatic rings. The van der Waals surface area contributed by atoms with Gasteiger partial charge < -0.3 is 10.1 Å². The van der Waals surface area contributed by atoms with Gasteiger partial charge in [-0.2, -0.15) is 23.8 Å². The molecule has 0 atom stereocenters. The normalized spacial score (nSPS) is 12.1. The second-order valence-electron chi connectivity index (χ2n) is 3.87. The number of hydrogen-bond donors (Lipinski definition) is 2. The molecule has 0 radical (unpaired) electrons. The van der Waals surface area contributed by atoms with Crippen LogP contribution in [0.25, 0.3) is 11.0 Å². The predicted octanol–water partition coefficient (Wildman–Crippen LogP) is 2.06. The number of H-pyrrole nitrogens is 1. The highest BCUT2D eigenvalue weighted by Crippen LogP contribution is 2.27. The Hall–Kier alpha value is -2.13. The lowest BCUT2D eigenvalue weighted by Gasteiger charge is -2.16. The monoisotopic (exact) mass is 293 g/mol. The molecule has 0 aromatic carbocycles. The van der Waals surface area contributed by atoms with Crippen LogP contribution in [0.2, 0.25) is 0 Å². The first-order valence-electron chi connectivity index (χ1n) is 5.67. The van der Waals surface area contributed by atoms with Gasteiger partial charge in [0, 0.05) is 6.54 Å². The second-order valence-corrected chi connectivity index (χ2v) is 3.87. The molecule has 0 bridgehead atoms. The van der Waals surface area contributed by atoms with Gasteiger partial charge in [0.2, 0.25) is 11.8 Å². The van der Waals surface area contributed by atoms with Crippen LogP contribution in [0.15, 0.2) is 6.20 Å². The summed E-state index contributed by atoms with van der Waals surface area (Å²) in [6.07, 6.45) is -2.54. The van der Waals surface area contributed by atoms with Crippen molar-refractivity contribution in [1.29, 1.82) is 0 Å². The van der Waals surface area contributed by atoms with E-state index in [2.05, 4.69) is 25.5 Å². The highest BCUT2D eigenvalue weighted by molar-refractivity contribution is 5.80. The molecular weight excluding hydrogens is 282 g/mol. The zero-order chi connectivity index (χ0) is 14.8. The number of ether oxygens (including phenoxy) is 1. The summed E-state index contributed by atoms with van der Waals surface area (Å²) in [7, 11) is 0. The van der Waals surface area contributed by atoms with Gasteiger partial charge in [0.15, 0.2) is 12.3 Å². The number of aromatic amines is 1. The molecule has 0 spiro atoms. The minimum atomic E-state index is -4.25. The lowest BCUT2D eigenvalue weighted by atomic mass is 10.4. The standard InChI is InChI=1S/C10H11F4N5O/c1-2-15-9-17-6-5(3-16-19-6)7(18-9)20-4-10(13,14)8(11)12/h3,8H,2,4H2,1H3,(H2,15,16,17,18,19). The van der Waals surface area contributed by atoms with Crippen molar-refractivity contribution in [3.63, 3.8) is 0 Å². The Morgan fingerprint density at radius 2 is 2.15 bits per heavy atom. The zero-order valence-corrected chi connectivity index (χ0v) is 10.3. The number of anilines is 1. The number of hydrogen-bond acceptors (Lipinski definition) is 5. The summed E-state index contributed by atoms with van der Waals surface area (Å²) in [5, 5.41) is 9.19. The van der Waals surface area contributed by atoms with Gasteiger partial charge in [-0.05, 0) is 6.92 Å². The lowest BCUT2D eigenvalue weighted by molar-refractivity contribution is -0.148. The Morgan fingerprint density at radius 1 is 1.40 bits per heavy atom. The third kappa shape index (κ3) is 2.89. The molecule has 2 rings (SSSR count). The summed E-state index contributed by atoms with van der Waals surface area (Å²) in [5.74, 6) is -4.36. The van der Waals surface area contributed by atoms with Gasteiger partial charge in [-0.25, -0.2) is 8.78 Å². The summed E-state index contributed by atoms with van der Waals surface area (Å²) >= 11 is 0. The van der Waals surface area contributed by atoms with E-state index in [0.29, 0.717) is 6.54 Å². The highest BCUT2D eigenvalue weighted by Gasteiger charge is 2.42. The van der Waals surface area contributed by atoms with E-state index in [4.69, 9.17) is 4.74 Å². The molecule has 6 nitrogen and oxygen atoms in total. The number of nitrogens with one attached hydrogen (secondary N) is 2. The van der Waals surface area contributed by atoms with Crippen molar-refractivity contribution in [2.45, 2.75) is 19.3 Å². The third-order valence-corrected chi connectivity index (χ3v) is 2.33. The molecular formula is C10H11F4N5O. The molecule has 2 N–H and O–H groups in total. The average Bonchev–Trinajstić information content (AvgIpc) is 2.84. The second kappa shape index (κ2) is 5.47. The molecule has 0 unspecified atom stereocenters. The van der Waals surface area contributed by atoms with Gasteiger partial charge in [0.05, 0.1) is 6.20 Å². The fourth-order valence-electron chi connectivity index (χ4n) is 1.38. The molecule has 0 aliphatic rings. The molecule has 2 heterocycles. The van der Waals surface area contributed by atoms with Crippen molar-refractivity contribution in [2.75, 3.05) is 18.5 Å². The minimum absolute atomic E-state index is 0.125. The zero-order valence-electron chi connectivity index (χ0n) is 10.3. The third-order valence-electron chi connectivity index (χ3n) is 2.33. The van der Waals surface area contributed by atoms with Crippen molar-refractivity contribution in [3.05, 3.63) is 6.20 Å². The maximum atomic E-state index is 12.8. The first-order valence-corrected chi connectivity index (χ1v) is 5.67. The molecule has 10 heteroatoms. The molecule has 0 aliphatic heterocycles. The van der Waals surface area contributed by atoms with Crippen LogP contribution in [0.4, 0.5) is 23.5 Å². The number of fused-ring (bicyclic) bond motifs is 1. The number of aromatic nitrogens is 4. The largest absolute Gasteiger partial charge is 0.470 e. The Morgan fingerprint density at radius 3 is 2.80 bits per heavy atom. The molecule has 0 fully saturated rings. The van der Waals surface area contributed by atoms with Gasteiger partial charge in [0.25, 0.3) is 0 Å². The Bertz CT molecular complexity index is 588. The topological polar surface area (TPSA) is 75.7 Å². The van der Waals surface area contributed by atoms with Crippen LogP contribution in [0.3, 0.4) is 0 Å². The van der Waals surface area contributed by atoms with Gasteiger partial charge in [-0.3, -0.25) is 5.10 Å². The van der Waals surface area contributed by atoms with Crippen molar-refractivity contribution in [1.82, 2.24) is 20.2 Å². The first kappa shape index (κ1) is 14.3. The van der Waals surface area contributed by atoms with Crippen molar-refractivity contribution < 1.29 is 22.3 Å². The molecule has 20 heavy (non-hydrogen) atoms. The first-order chi connectivity index (χ1) is 9.44. The number of alkyl halides is 4. The van der Waals surface area contributed by atoms with Crippen LogP contribution in [-0.4, -0.2) is 45.7 Å². The van der Waals surface area contributed by atoms with E-state index >= 15 is 0 Å². The van der Waals surface area contributed by atoms with Gasteiger partial charge in [-0.1, -0.05) is 0 Å². The smallest absolute Gasteiger partial charge is 0.340 e. The number of halogens is 4. The van der Waals surface area contributed by atoms with E-state index in [1.807, 2.05) is 0 Å². The quantitative estimate of drug-likeness (QED) is 0.797. The summed E-state index contributed by atoms with van der Waals surface area (Å²) < 4.78 is 54.6. The van der Waals surface area contributed by atoms with Gasteiger partial charge >= 0.3 is 12.3 Å². The fourth-order valence-corrected chi connectivity index (χ4v) is 1.38.